The molecule has 0 aliphatic carbocycles. The molecule has 6 heteroatoms. The highest BCUT2D eigenvalue weighted by Crippen LogP contribution is 2.17. The maximum atomic E-state index is 12.3. The molecule has 0 bridgehead atoms. The van der Waals surface area contributed by atoms with Crippen LogP contribution in [0.1, 0.15) is 44.4 Å². The van der Waals surface area contributed by atoms with E-state index in [1.807, 2.05) is 25.7 Å². The van der Waals surface area contributed by atoms with E-state index in [4.69, 9.17) is 4.74 Å². The maximum absolute atomic E-state index is 12.3. The van der Waals surface area contributed by atoms with Crippen molar-refractivity contribution >= 4 is 17.2 Å². The van der Waals surface area contributed by atoms with Crippen molar-refractivity contribution in [2.75, 3.05) is 19.6 Å². The van der Waals surface area contributed by atoms with Crippen LogP contribution in [-0.4, -0.2) is 47.6 Å². The number of amides is 1. The van der Waals surface area contributed by atoms with Crippen LogP contribution >= 0.6 is 11.3 Å². The first-order chi connectivity index (χ1) is 9.99. The van der Waals surface area contributed by atoms with E-state index in [-0.39, 0.29) is 24.2 Å². The first kappa shape index (κ1) is 16.4. The number of carbonyl (C=O) groups is 1. The molecule has 1 aliphatic rings. The molecule has 21 heavy (non-hydrogen) atoms. The van der Waals surface area contributed by atoms with Crippen molar-refractivity contribution in [3.05, 3.63) is 16.1 Å². The van der Waals surface area contributed by atoms with Gasteiger partial charge in [0.15, 0.2) is 0 Å². The molecule has 1 saturated heterocycles. The molecule has 3 atom stereocenters. The number of morpholine rings is 1. The van der Waals surface area contributed by atoms with Gasteiger partial charge in [0.1, 0.15) is 0 Å². The van der Waals surface area contributed by atoms with Crippen molar-refractivity contribution < 1.29 is 9.53 Å². The number of nitrogens with one attached hydrogen (secondary N) is 1. The van der Waals surface area contributed by atoms with Gasteiger partial charge in [-0.2, -0.15) is 0 Å². The summed E-state index contributed by atoms with van der Waals surface area (Å²) in [7, 11) is 0. The number of hydrogen-bond acceptors (Lipinski definition) is 5. The van der Waals surface area contributed by atoms with E-state index in [2.05, 4.69) is 22.6 Å². The van der Waals surface area contributed by atoms with Crippen LogP contribution in [0.2, 0.25) is 0 Å². The Hall–Kier alpha value is -0.980. The summed E-state index contributed by atoms with van der Waals surface area (Å²) in [6.07, 6.45) is 1.18. The van der Waals surface area contributed by atoms with Gasteiger partial charge >= 0.3 is 0 Å². The topological polar surface area (TPSA) is 54.5 Å². The van der Waals surface area contributed by atoms with Gasteiger partial charge in [-0.3, -0.25) is 4.79 Å². The number of hydrogen-bond donors (Lipinski definition) is 1. The van der Waals surface area contributed by atoms with E-state index < -0.39 is 0 Å². The number of ether oxygens (including phenoxy) is 1. The Labute approximate surface area is 130 Å². The van der Waals surface area contributed by atoms with Crippen LogP contribution in [0.4, 0.5) is 0 Å². The SMILES string of the molecule is CCc1nc([C@H](C)NCC(=O)N2C[C@H](C)O[C@@H](C)C2)cs1. The van der Waals surface area contributed by atoms with Gasteiger partial charge in [-0.25, -0.2) is 4.98 Å². The summed E-state index contributed by atoms with van der Waals surface area (Å²) in [5.74, 6) is 0.134. The second-order valence-electron chi connectivity index (χ2n) is 5.68. The van der Waals surface area contributed by atoms with Crippen molar-refractivity contribution in [2.24, 2.45) is 0 Å². The molecule has 1 N–H and O–H groups in total. The molecule has 5 nitrogen and oxygen atoms in total. The van der Waals surface area contributed by atoms with Gasteiger partial charge in [0.25, 0.3) is 0 Å². The number of rotatable bonds is 5. The van der Waals surface area contributed by atoms with Gasteiger partial charge in [0.2, 0.25) is 5.91 Å². The fourth-order valence-electron chi connectivity index (χ4n) is 2.52. The average molecular weight is 311 g/mol. The van der Waals surface area contributed by atoms with Gasteiger partial charge in [0, 0.05) is 24.5 Å². The predicted molar refractivity (Wildman–Crippen MR) is 84.5 cm³/mol. The lowest BCUT2D eigenvalue weighted by Crippen LogP contribution is -2.50. The Kier molecular flexibility index (Phi) is 5.72. The van der Waals surface area contributed by atoms with Crippen LogP contribution in [0.25, 0.3) is 0 Å². The van der Waals surface area contributed by atoms with Gasteiger partial charge in [0.05, 0.1) is 29.5 Å². The monoisotopic (exact) mass is 311 g/mol. The van der Waals surface area contributed by atoms with Crippen LogP contribution in [0.5, 0.6) is 0 Å². The molecular weight excluding hydrogens is 286 g/mol. The maximum Gasteiger partial charge on any atom is 0.236 e. The molecule has 2 rings (SSSR count). The molecule has 0 spiro atoms. The van der Waals surface area contributed by atoms with E-state index in [1.54, 1.807) is 11.3 Å². The molecular formula is C15H25N3O2S. The third-order valence-corrected chi connectivity index (χ3v) is 4.66. The van der Waals surface area contributed by atoms with E-state index >= 15 is 0 Å². The summed E-state index contributed by atoms with van der Waals surface area (Å²) in [4.78, 5) is 18.7. The lowest BCUT2D eigenvalue weighted by Gasteiger charge is -2.35. The van der Waals surface area contributed by atoms with Crippen LogP contribution in [0.3, 0.4) is 0 Å². The Bertz CT molecular complexity index is 467. The highest BCUT2D eigenvalue weighted by atomic mass is 32.1. The molecule has 0 saturated carbocycles. The molecule has 1 aromatic heterocycles. The van der Waals surface area contributed by atoms with Crippen LogP contribution in [0, 0.1) is 0 Å². The molecule has 1 aromatic rings. The normalized spacial score (nSPS) is 24.1. The highest BCUT2D eigenvalue weighted by molar-refractivity contribution is 7.09. The average Bonchev–Trinajstić information content (AvgIpc) is 2.92. The predicted octanol–water partition coefficient (Wildman–Crippen LogP) is 1.99. The van der Waals surface area contributed by atoms with E-state index in [0.29, 0.717) is 19.6 Å². The van der Waals surface area contributed by atoms with Crippen LogP contribution in [-0.2, 0) is 16.0 Å². The molecule has 1 fully saturated rings. The largest absolute Gasteiger partial charge is 0.372 e. The fraction of sp³-hybridized carbons (Fsp3) is 0.733. The van der Waals surface area contributed by atoms with Gasteiger partial charge in [-0.1, -0.05) is 6.92 Å². The van der Waals surface area contributed by atoms with Gasteiger partial charge in [-0.15, -0.1) is 11.3 Å². The smallest absolute Gasteiger partial charge is 0.236 e. The number of thiazole rings is 1. The summed E-state index contributed by atoms with van der Waals surface area (Å²) in [5, 5.41) is 6.48. The lowest BCUT2D eigenvalue weighted by atomic mass is 10.2. The van der Waals surface area contributed by atoms with Crippen molar-refractivity contribution in [2.45, 2.75) is 52.4 Å². The zero-order chi connectivity index (χ0) is 15.4. The Morgan fingerprint density at radius 2 is 2.19 bits per heavy atom. The first-order valence-electron chi connectivity index (χ1n) is 7.60. The quantitative estimate of drug-likeness (QED) is 0.903. The van der Waals surface area contributed by atoms with Gasteiger partial charge in [-0.05, 0) is 27.2 Å². The fourth-order valence-corrected chi connectivity index (χ4v) is 3.36. The summed E-state index contributed by atoms with van der Waals surface area (Å²) in [6, 6.07) is 0.0985. The van der Waals surface area contributed by atoms with E-state index in [0.717, 1.165) is 17.1 Å². The Balaban J connectivity index is 1.83. The van der Waals surface area contributed by atoms with Crippen LogP contribution in [0.15, 0.2) is 5.38 Å². The van der Waals surface area contributed by atoms with E-state index in [1.165, 1.54) is 0 Å². The first-order valence-corrected chi connectivity index (χ1v) is 8.48. The van der Waals surface area contributed by atoms with Crippen molar-refractivity contribution in [3.63, 3.8) is 0 Å². The highest BCUT2D eigenvalue weighted by Gasteiger charge is 2.25. The minimum Gasteiger partial charge on any atom is -0.372 e. The van der Waals surface area contributed by atoms with E-state index in [9.17, 15) is 4.79 Å². The number of nitrogens with zero attached hydrogens (tertiary/aromatic N) is 2. The molecule has 0 unspecified atom stereocenters. The van der Waals surface area contributed by atoms with Crippen molar-refractivity contribution in [3.8, 4) is 0 Å². The minimum absolute atomic E-state index is 0.0985. The third-order valence-electron chi connectivity index (χ3n) is 3.65. The number of aromatic nitrogens is 1. The standard InChI is InChI=1S/C15H25N3O2S/c1-5-14-17-13(9-21-14)12(4)16-6-15(19)18-7-10(2)20-11(3)8-18/h9-12,16H,5-8H2,1-4H3/t10-,11-,12-/m0/s1. The third kappa shape index (κ3) is 4.49. The molecule has 2 heterocycles. The molecule has 1 amide bonds. The minimum atomic E-state index is 0.0985. The second kappa shape index (κ2) is 7.33. The second-order valence-corrected chi connectivity index (χ2v) is 6.62. The van der Waals surface area contributed by atoms with Gasteiger partial charge < -0.3 is 15.0 Å². The zero-order valence-electron chi connectivity index (χ0n) is 13.3. The zero-order valence-corrected chi connectivity index (χ0v) is 14.1. The molecule has 0 radical (unpaired) electrons. The summed E-state index contributed by atoms with van der Waals surface area (Å²) in [6.45, 7) is 9.86. The molecule has 1 aliphatic heterocycles. The number of carbonyl (C=O) groups excluding carboxylic acids is 1. The summed E-state index contributed by atoms with van der Waals surface area (Å²) >= 11 is 1.68. The Morgan fingerprint density at radius 1 is 1.52 bits per heavy atom. The summed E-state index contributed by atoms with van der Waals surface area (Å²) < 4.78 is 5.65. The summed E-state index contributed by atoms with van der Waals surface area (Å²) in [5.41, 5.74) is 1.02. The molecule has 118 valence electrons. The molecule has 0 aromatic carbocycles. The van der Waals surface area contributed by atoms with Crippen LogP contribution < -0.4 is 5.32 Å². The number of aryl methyl sites for hydroxylation is 1. The van der Waals surface area contributed by atoms with Crippen molar-refractivity contribution in [1.82, 2.24) is 15.2 Å². The van der Waals surface area contributed by atoms with Crippen molar-refractivity contribution in [1.29, 1.82) is 0 Å². The Morgan fingerprint density at radius 3 is 2.76 bits per heavy atom. The lowest BCUT2D eigenvalue weighted by molar-refractivity contribution is -0.142.